The quantitative estimate of drug-likeness (QED) is 0.127. The molecule has 294 valence electrons. The molecule has 18 heteroatoms. The van der Waals surface area contributed by atoms with E-state index in [2.05, 4.69) is 63.9 Å². The first kappa shape index (κ1) is 54.7. The summed E-state index contributed by atoms with van der Waals surface area (Å²) in [4.78, 5) is 46.7. The van der Waals surface area contributed by atoms with Crippen LogP contribution >= 0.6 is 23.2 Å². The van der Waals surface area contributed by atoms with Gasteiger partial charge in [0.2, 0.25) is 8.32 Å². The van der Waals surface area contributed by atoms with Crippen LogP contribution in [0.4, 0.5) is 18.0 Å². The van der Waals surface area contributed by atoms with Crippen molar-refractivity contribution in [2.75, 3.05) is 5.34 Å². The molecule has 1 amide bonds. The van der Waals surface area contributed by atoms with E-state index >= 15 is 0 Å². The Balaban J connectivity index is -0.000000290. The molecule has 0 aliphatic carbocycles. The molecule has 2 saturated heterocycles. The van der Waals surface area contributed by atoms with Crippen molar-refractivity contribution < 1.29 is 54.2 Å². The Bertz CT molecular complexity index is 1170. The van der Waals surface area contributed by atoms with Crippen LogP contribution in [0.3, 0.4) is 0 Å². The van der Waals surface area contributed by atoms with Gasteiger partial charge in [-0.25, -0.2) is 4.79 Å². The summed E-state index contributed by atoms with van der Waals surface area (Å²) in [5, 5.41) is 3.76. The van der Waals surface area contributed by atoms with E-state index in [1.165, 1.54) is 32.5 Å². The Labute approximate surface area is 307 Å². The molecular formula is C32H57Cl2F3N2O9SSi. The maximum Gasteiger partial charge on any atom is 0.522 e. The third-order valence-electron chi connectivity index (χ3n) is 6.46. The largest absolute Gasteiger partial charge is 0.522 e. The van der Waals surface area contributed by atoms with E-state index in [0.29, 0.717) is 17.5 Å². The number of carbonyl (C=O) groups is 1. The highest BCUT2D eigenvalue weighted by atomic mass is 35.5. The van der Waals surface area contributed by atoms with E-state index in [-0.39, 0.29) is 41.2 Å². The van der Waals surface area contributed by atoms with Crippen LogP contribution in [0.25, 0.3) is 0 Å². The maximum atomic E-state index is 12.3. The molecular weight excluding hydrogens is 744 g/mol. The Kier molecular flexibility index (Phi) is 26.6. The molecule has 0 bridgehead atoms. The maximum absolute atomic E-state index is 12.3. The lowest BCUT2D eigenvalue weighted by atomic mass is 9.85. The summed E-state index contributed by atoms with van der Waals surface area (Å²) in [6, 6.07) is 1.55. The molecule has 2 unspecified atom stereocenters. The summed E-state index contributed by atoms with van der Waals surface area (Å²) in [5.41, 5.74) is -5.30. The summed E-state index contributed by atoms with van der Waals surface area (Å²) in [6.07, 6.45) is 8.70. The van der Waals surface area contributed by atoms with Gasteiger partial charge in [-0.3, -0.25) is 4.90 Å². The lowest BCUT2D eigenvalue weighted by Gasteiger charge is -2.38. The number of nitrogens with zero attached hydrogens (tertiary/aromatic N) is 1. The topological polar surface area (TPSA) is 153 Å². The lowest BCUT2D eigenvalue weighted by Crippen LogP contribution is -2.48. The van der Waals surface area contributed by atoms with E-state index in [4.69, 9.17) is 47.1 Å². The van der Waals surface area contributed by atoms with E-state index in [9.17, 15) is 26.4 Å². The van der Waals surface area contributed by atoms with Gasteiger partial charge in [-0.15, -0.1) is 36.4 Å². The highest BCUT2D eigenvalue weighted by molar-refractivity contribution is 7.88. The Morgan fingerprint density at radius 1 is 0.860 bits per heavy atom. The Morgan fingerprint density at radius 2 is 1.28 bits per heavy atom. The van der Waals surface area contributed by atoms with Gasteiger partial charge in [0.05, 0.1) is 11.4 Å². The van der Waals surface area contributed by atoms with Crippen molar-refractivity contribution in [2.45, 2.75) is 143 Å². The number of halogens is 5. The smallest absolute Gasteiger partial charge is 0.444 e. The number of alkyl halides is 5. The number of nitrogens with one attached hydrogen (secondary N) is 1. The lowest BCUT2D eigenvalue weighted by molar-refractivity contribution is -0.193. The number of rotatable bonds is 4. The summed E-state index contributed by atoms with van der Waals surface area (Å²) in [6.45, 7) is 30.8. The van der Waals surface area contributed by atoms with Gasteiger partial charge in [0, 0.05) is 18.1 Å². The van der Waals surface area contributed by atoms with E-state index in [1.54, 1.807) is 0 Å². The van der Waals surface area contributed by atoms with E-state index < -0.39 is 29.5 Å². The average Bonchev–Trinajstić information content (AvgIpc) is 3.55. The van der Waals surface area contributed by atoms with Gasteiger partial charge in [0.25, 0.3) is 0 Å². The van der Waals surface area contributed by atoms with Gasteiger partial charge in [-0.2, -0.15) is 40.8 Å². The van der Waals surface area contributed by atoms with Gasteiger partial charge in [-0.05, 0) is 76.9 Å². The first-order chi connectivity index (χ1) is 22.3. The van der Waals surface area contributed by atoms with Crippen LogP contribution in [0.15, 0.2) is 25.3 Å². The van der Waals surface area contributed by atoms with Gasteiger partial charge >= 0.3 is 34.0 Å². The number of hydrogen-bond acceptors (Lipinski definition) is 10. The fraction of sp³-hybridized carbons (Fsp3) is 0.781. The molecule has 2 heterocycles. The fourth-order valence-electron chi connectivity index (χ4n) is 4.51. The van der Waals surface area contributed by atoms with Crippen LogP contribution < -0.4 is 5.32 Å². The Hall–Kier alpha value is -2.03. The molecule has 50 heavy (non-hydrogen) atoms. The van der Waals surface area contributed by atoms with E-state index in [0.717, 1.165) is 12.8 Å². The molecule has 0 radical (unpaired) electrons. The third-order valence-corrected chi connectivity index (χ3v) is 9.90. The van der Waals surface area contributed by atoms with Crippen LogP contribution in [0.1, 0.15) is 88.0 Å². The monoisotopic (exact) mass is 800 g/mol. The predicted molar refractivity (Wildman–Crippen MR) is 190 cm³/mol. The minimum atomic E-state index is -5.39. The van der Waals surface area contributed by atoms with Gasteiger partial charge in [0.1, 0.15) is 5.60 Å². The number of likely N-dealkylation sites (tertiary alicyclic amines) is 1. The summed E-state index contributed by atoms with van der Waals surface area (Å²) < 4.78 is 65.2. The summed E-state index contributed by atoms with van der Waals surface area (Å²) in [7, 11) is -8.10. The van der Waals surface area contributed by atoms with Gasteiger partial charge in [-0.1, -0.05) is 53.7 Å². The van der Waals surface area contributed by atoms with Crippen molar-refractivity contribution in [3.05, 3.63) is 25.3 Å². The van der Waals surface area contributed by atoms with Crippen molar-refractivity contribution in [3.63, 3.8) is 0 Å². The van der Waals surface area contributed by atoms with Crippen molar-refractivity contribution in [1.29, 1.82) is 0 Å². The van der Waals surface area contributed by atoms with Crippen LogP contribution in [0.2, 0.25) is 19.6 Å². The predicted octanol–water partition coefficient (Wildman–Crippen LogP) is 8.27. The third kappa shape index (κ3) is 25.8. The number of ether oxygens (including phenoxy) is 1. The Morgan fingerprint density at radius 3 is 1.50 bits per heavy atom. The van der Waals surface area contributed by atoms with Crippen LogP contribution in [0, 0.1) is 10.8 Å². The molecule has 0 saturated carbocycles. The van der Waals surface area contributed by atoms with Gasteiger partial charge in [0.15, 0.2) is 0 Å². The molecule has 0 aromatic heterocycles. The molecule has 1 N–H and O–H groups in total. The second-order valence-electron chi connectivity index (χ2n) is 15.0. The zero-order valence-corrected chi connectivity index (χ0v) is 34.7. The molecule has 2 rings (SSSR count). The second kappa shape index (κ2) is 24.3. The average molecular weight is 802 g/mol. The fourth-order valence-corrected chi connectivity index (χ4v) is 7.52. The van der Waals surface area contributed by atoms with E-state index in [1.807, 2.05) is 37.8 Å². The molecule has 2 aliphatic rings. The molecule has 0 spiro atoms. The molecule has 0 aromatic carbocycles. The first-order valence-corrected chi connectivity index (χ1v) is 21.3. The van der Waals surface area contributed by atoms with Crippen molar-refractivity contribution in [1.82, 2.24) is 10.2 Å². The summed E-state index contributed by atoms with van der Waals surface area (Å²) in [5.74, 6) is 0. The van der Waals surface area contributed by atoms with Crippen LogP contribution in [0.5, 0.6) is 0 Å². The number of amides is 1. The van der Waals surface area contributed by atoms with Crippen LogP contribution in [-0.4, -0.2) is 80.6 Å². The molecule has 2 fully saturated rings. The van der Waals surface area contributed by atoms with Crippen molar-refractivity contribution in [2.24, 2.45) is 10.8 Å². The zero-order valence-electron chi connectivity index (χ0n) is 31.3. The highest BCUT2D eigenvalue weighted by Gasteiger charge is 2.49. The molecule has 0 aromatic rings. The second-order valence-corrected chi connectivity index (χ2v) is 22.1. The minimum absolute atomic E-state index is 0.0642. The highest BCUT2D eigenvalue weighted by Crippen LogP contribution is 2.37. The molecule has 4 atom stereocenters. The number of carbonyl (C=O) groups excluding carboxylic acids is 5. The number of hydrogen-bond donors (Lipinski definition) is 1. The molecule has 11 nitrogen and oxygen atoms in total. The van der Waals surface area contributed by atoms with Crippen molar-refractivity contribution >= 4 is 60.0 Å². The first-order valence-electron chi connectivity index (χ1n) is 15.4. The normalized spacial score (nSPS) is 20.4. The minimum Gasteiger partial charge on any atom is -0.444 e. The standard InChI is InChI=1S/C15H27NO2.C10H19N.C4H9F3O3SSi.CH2Cl2.2CO2/c1-8-11-9-10-12(14(2,3)4)16(11)13(17)18-15(5,6)7;1-5-8-6-7-9(11-8)10(2,3)4;1-12(2,3)10-11(8,9)4(5,6)7;3*2-1-3/h8,11-12H,1,9-10H2,2-7H3;5,8-9,11H,1,6-7H2,2-4H3;1-3H3;1H2;;/t11?,12-;8?,9-;;;;/m00..../s1. The van der Waals surface area contributed by atoms with Crippen LogP contribution in [-0.2, 0) is 37.9 Å². The zero-order chi connectivity index (χ0) is 40.9. The molecule has 2 aliphatic heterocycles. The van der Waals surface area contributed by atoms with Crippen molar-refractivity contribution in [3.8, 4) is 0 Å². The SMILES string of the molecule is C=CC1CC[C@@H](C(C)(C)C)N1.C=CC1CC[C@@H](C(C)(C)C)N1C(=O)OC(C)(C)C.C[Si](C)(C)OS(=O)(=O)C(F)(F)F.ClCCl.O=C=O.O=C=O. The van der Waals surface area contributed by atoms with Gasteiger partial charge < -0.3 is 13.9 Å². The summed E-state index contributed by atoms with van der Waals surface area (Å²) >= 11 is 9.53.